The van der Waals surface area contributed by atoms with Crippen LogP contribution < -0.4 is 11.2 Å². The molecule has 0 radical (unpaired) electrons. The van der Waals surface area contributed by atoms with E-state index in [2.05, 4.69) is 18.2 Å². The first-order chi connectivity index (χ1) is 9.26. The molecule has 0 unspecified atom stereocenters. The molecule has 1 heterocycles. The van der Waals surface area contributed by atoms with Gasteiger partial charge in [-0.1, -0.05) is 30.0 Å². The molecule has 0 atom stereocenters. The van der Waals surface area contributed by atoms with Crippen LogP contribution in [0.2, 0.25) is 0 Å². The molecule has 0 amide bonds. The molecule has 3 rings (SSSR count). The molecule has 0 fully saturated rings. The fraction of sp³-hybridized carbons (Fsp3) is 0.143. The van der Waals surface area contributed by atoms with E-state index in [-0.39, 0.29) is 12.4 Å². The Bertz CT molecular complexity index is 594. The minimum atomic E-state index is -0.782. The summed E-state index contributed by atoms with van der Waals surface area (Å²) in [6.07, 6.45) is 0. The maximum absolute atomic E-state index is 9.69. The highest BCUT2D eigenvalue weighted by Crippen LogP contribution is 2.28. The third-order valence-electron chi connectivity index (χ3n) is 3.17. The molecule has 20 heavy (non-hydrogen) atoms. The molecule has 1 aliphatic heterocycles. The second kappa shape index (κ2) is 6.65. The predicted molar refractivity (Wildman–Crippen MR) is 84.5 cm³/mol. The minimum absolute atomic E-state index is 0. The first-order valence-corrected chi connectivity index (χ1v) is 6.97. The van der Waals surface area contributed by atoms with E-state index in [0.29, 0.717) is 13.2 Å². The predicted octanol–water partition coefficient (Wildman–Crippen LogP) is 1.94. The molecule has 3 nitrogen and oxygen atoms in total. The summed E-state index contributed by atoms with van der Waals surface area (Å²) in [6.45, 7) is 1.06. The van der Waals surface area contributed by atoms with E-state index < -0.39 is 7.12 Å². The quantitative estimate of drug-likeness (QED) is 0.851. The lowest BCUT2D eigenvalue weighted by Crippen LogP contribution is -2.27. The van der Waals surface area contributed by atoms with Crippen molar-refractivity contribution in [1.29, 1.82) is 0 Å². The zero-order valence-electron chi connectivity index (χ0n) is 10.8. The van der Waals surface area contributed by atoms with Crippen LogP contribution in [0.4, 0.5) is 0 Å². The fourth-order valence-corrected chi connectivity index (χ4v) is 2.95. The first-order valence-electron chi connectivity index (χ1n) is 6.15. The van der Waals surface area contributed by atoms with Crippen molar-refractivity contribution in [2.45, 2.75) is 22.9 Å². The third kappa shape index (κ3) is 3.19. The van der Waals surface area contributed by atoms with Gasteiger partial charge in [-0.3, -0.25) is 0 Å². The van der Waals surface area contributed by atoms with Gasteiger partial charge in [-0.15, -0.1) is 12.4 Å². The normalized spacial score (nSPS) is 13.0. The van der Waals surface area contributed by atoms with Crippen molar-refractivity contribution >= 4 is 36.8 Å². The molecule has 2 aromatic carbocycles. The zero-order valence-corrected chi connectivity index (χ0v) is 12.4. The monoisotopic (exact) mass is 307 g/mol. The number of hydrogen-bond donors (Lipinski definition) is 2. The molecule has 1 aliphatic rings. The van der Waals surface area contributed by atoms with Gasteiger partial charge in [-0.05, 0) is 40.9 Å². The standard InChI is InChI=1S/C14H14BNO2S.ClH/c16-8-10-1-4-12(5-2-10)19-13-6-3-11-9-18-15(17)14(11)7-13;/h1-7,17H,8-9,16H2;1H. The van der Waals surface area contributed by atoms with E-state index in [1.807, 2.05) is 24.3 Å². The number of rotatable bonds is 3. The van der Waals surface area contributed by atoms with Gasteiger partial charge in [0, 0.05) is 16.3 Å². The summed E-state index contributed by atoms with van der Waals surface area (Å²) >= 11 is 1.67. The summed E-state index contributed by atoms with van der Waals surface area (Å²) in [6, 6.07) is 14.3. The Kier molecular flexibility index (Phi) is 5.13. The number of nitrogens with two attached hydrogens (primary N) is 1. The van der Waals surface area contributed by atoms with Gasteiger partial charge in [-0.2, -0.15) is 0 Å². The van der Waals surface area contributed by atoms with Crippen LogP contribution in [-0.4, -0.2) is 12.1 Å². The SMILES string of the molecule is Cl.NCc1ccc(Sc2ccc3c(c2)B(O)OC3)cc1. The number of halogens is 1. The van der Waals surface area contributed by atoms with Gasteiger partial charge >= 0.3 is 7.12 Å². The Morgan fingerprint density at radius 3 is 2.55 bits per heavy atom. The molecular formula is C14H15BClNO2S. The van der Waals surface area contributed by atoms with Gasteiger partial charge in [0.2, 0.25) is 0 Å². The Morgan fingerprint density at radius 2 is 1.85 bits per heavy atom. The molecule has 6 heteroatoms. The molecule has 0 aromatic heterocycles. The number of hydrogen-bond acceptors (Lipinski definition) is 4. The maximum Gasteiger partial charge on any atom is 0.491 e. The van der Waals surface area contributed by atoms with Gasteiger partial charge in [-0.25, -0.2) is 0 Å². The van der Waals surface area contributed by atoms with Crippen molar-refractivity contribution in [2.24, 2.45) is 5.73 Å². The largest absolute Gasteiger partial charge is 0.491 e. The minimum Gasteiger partial charge on any atom is -0.423 e. The highest BCUT2D eigenvalue weighted by atomic mass is 35.5. The zero-order chi connectivity index (χ0) is 13.2. The van der Waals surface area contributed by atoms with Crippen LogP contribution in [0, 0.1) is 0 Å². The maximum atomic E-state index is 9.69. The van der Waals surface area contributed by atoms with Crippen molar-refractivity contribution in [1.82, 2.24) is 0 Å². The van der Waals surface area contributed by atoms with Crippen LogP contribution in [0.15, 0.2) is 52.3 Å². The third-order valence-corrected chi connectivity index (χ3v) is 4.17. The second-order valence-electron chi connectivity index (χ2n) is 4.47. The molecule has 3 N–H and O–H groups in total. The van der Waals surface area contributed by atoms with E-state index >= 15 is 0 Å². The van der Waals surface area contributed by atoms with Crippen molar-refractivity contribution in [3.8, 4) is 0 Å². The van der Waals surface area contributed by atoms with E-state index in [1.54, 1.807) is 11.8 Å². The number of benzene rings is 2. The molecule has 2 aromatic rings. The summed E-state index contributed by atoms with van der Waals surface area (Å²) in [5, 5.41) is 9.69. The fourth-order valence-electron chi connectivity index (χ4n) is 2.09. The van der Waals surface area contributed by atoms with Crippen LogP contribution >= 0.6 is 24.2 Å². The van der Waals surface area contributed by atoms with Crippen molar-refractivity contribution in [3.63, 3.8) is 0 Å². The molecular weight excluding hydrogens is 292 g/mol. The Balaban J connectivity index is 0.00000147. The lowest BCUT2D eigenvalue weighted by atomic mass is 9.80. The van der Waals surface area contributed by atoms with Crippen molar-refractivity contribution in [3.05, 3.63) is 53.6 Å². The van der Waals surface area contributed by atoms with Gasteiger partial charge in [0.15, 0.2) is 0 Å². The molecule has 0 saturated heterocycles. The lowest BCUT2D eigenvalue weighted by Gasteiger charge is -2.05. The molecule has 0 spiro atoms. The van der Waals surface area contributed by atoms with Gasteiger partial charge in [0.05, 0.1) is 6.61 Å². The molecule has 0 bridgehead atoms. The summed E-state index contributed by atoms with van der Waals surface area (Å²) in [5.74, 6) is 0. The first kappa shape index (κ1) is 15.4. The van der Waals surface area contributed by atoms with Crippen LogP contribution in [0.3, 0.4) is 0 Å². The average Bonchev–Trinajstić information content (AvgIpc) is 2.81. The van der Waals surface area contributed by atoms with Crippen molar-refractivity contribution < 1.29 is 9.68 Å². The topological polar surface area (TPSA) is 55.5 Å². The van der Waals surface area contributed by atoms with Crippen LogP contribution in [0.25, 0.3) is 0 Å². The molecule has 104 valence electrons. The van der Waals surface area contributed by atoms with Gasteiger partial charge < -0.3 is 15.4 Å². The van der Waals surface area contributed by atoms with E-state index in [1.165, 1.54) is 0 Å². The van der Waals surface area contributed by atoms with Crippen LogP contribution in [-0.2, 0) is 17.8 Å². The summed E-state index contributed by atoms with van der Waals surface area (Å²) in [4.78, 5) is 2.26. The van der Waals surface area contributed by atoms with Gasteiger partial charge in [0.1, 0.15) is 0 Å². The van der Waals surface area contributed by atoms with E-state index in [4.69, 9.17) is 10.4 Å². The average molecular weight is 308 g/mol. The van der Waals surface area contributed by atoms with Crippen LogP contribution in [0.1, 0.15) is 11.1 Å². The Morgan fingerprint density at radius 1 is 1.15 bits per heavy atom. The van der Waals surface area contributed by atoms with E-state index in [9.17, 15) is 5.02 Å². The molecule has 0 saturated carbocycles. The summed E-state index contributed by atoms with van der Waals surface area (Å²) in [7, 11) is -0.782. The van der Waals surface area contributed by atoms with Crippen LogP contribution in [0.5, 0.6) is 0 Å². The highest BCUT2D eigenvalue weighted by molar-refractivity contribution is 7.99. The summed E-state index contributed by atoms with van der Waals surface area (Å²) in [5.41, 5.74) is 8.65. The number of fused-ring (bicyclic) bond motifs is 1. The summed E-state index contributed by atoms with van der Waals surface area (Å²) < 4.78 is 5.19. The molecule has 0 aliphatic carbocycles. The Hall–Kier alpha value is -0.975. The Labute approximate surface area is 129 Å². The lowest BCUT2D eigenvalue weighted by molar-refractivity contribution is 0.275. The smallest absolute Gasteiger partial charge is 0.423 e. The van der Waals surface area contributed by atoms with Gasteiger partial charge in [0.25, 0.3) is 0 Å². The van der Waals surface area contributed by atoms with Crippen molar-refractivity contribution in [2.75, 3.05) is 0 Å². The highest BCUT2D eigenvalue weighted by Gasteiger charge is 2.27. The van der Waals surface area contributed by atoms with E-state index in [0.717, 1.165) is 26.4 Å². The second-order valence-corrected chi connectivity index (χ2v) is 5.62.